The van der Waals surface area contributed by atoms with Crippen molar-refractivity contribution in [1.29, 1.82) is 0 Å². The van der Waals surface area contributed by atoms with Gasteiger partial charge in [-0.25, -0.2) is 4.79 Å². The van der Waals surface area contributed by atoms with E-state index in [0.29, 0.717) is 6.54 Å². The minimum absolute atomic E-state index is 0.0973. The Balaban J connectivity index is 2.41. The first-order valence-corrected chi connectivity index (χ1v) is 7.78. The normalized spacial score (nSPS) is 17.3. The summed E-state index contributed by atoms with van der Waals surface area (Å²) in [4.78, 5) is 14.3. The standard InChI is InChI=1S/C18H27NO2/c1-7-13-8-9-14-15(12-13)19(11-10-18(14,5)6)16(20)21-17(2,3)4/h8-9,12H,7,10-11H2,1-6H3. The minimum atomic E-state index is -0.466. The second kappa shape index (κ2) is 5.36. The molecule has 2 rings (SSSR count). The molecule has 0 saturated carbocycles. The van der Waals surface area contributed by atoms with Crippen LogP contribution in [0.3, 0.4) is 0 Å². The van der Waals surface area contributed by atoms with E-state index in [1.54, 1.807) is 4.90 Å². The number of hydrogen-bond donors (Lipinski definition) is 0. The van der Waals surface area contributed by atoms with Gasteiger partial charge in [-0.15, -0.1) is 0 Å². The van der Waals surface area contributed by atoms with Gasteiger partial charge in [0.25, 0.3) is 0 Å². The lowest BCUT2D eigenvalue weighted by molar-refractivity contribution is 0.0574. The van der Waals surface area contributed by atoms with E-state index in [2.05, 4.69) is 39.0 Å². The Labute approximate surface area is 128 Å². The second-order valence-electron chi connectivity index (χ2n) is 7.47. The van der Waals surface area contributed by atoms with Crippen LogP contribution in [-0.4, -0.2) is 18.2 Å². The molecule has 116 valence electrons. The fourth-order valence-corrected chi connectivity index (χ4v) is 2.75. The molecular formula is C18H27NO2. The van der Waals surface area contributed by atoms with Crippen molar-refractivity contribution in [2.45, 2.75) is 65.4 Å². The van der Waals surface area contributed by atoms with Crippen LogP contribution in [0.5, 0.6) is 0 Å². The van der Waals surface area contributed by atoms with E-state index in [9.17, 15) is 4.79 Å². The average Bonchev–Trinajstić information content (AvgIpc) is 2.35. The minimum Gasteiger partial charge on any atom is -0.443 e. The zero-order valence-electron chi connectivity index (χ0n) is 14.1. The van der Waals surface area contributed by atoms with E-state index in [-0.39, 0.29) is 11.5 Å². The number of benzene rings is 1. The van der Waals surface area contributed by atoms with Crippen LogP contribution < -0.4 is 4.90 Å². The molecule has 0 radical (unpaired) electrons. The van der Waals surface area contributed by atoms with Gasteiger partial charge < -0.3 is 4.74 Å². The number of ether oxygens (including phenoxy) is 1. The molecule has 1 aromatic carbocycles. The Morgan fingerprint density at radius 2 is 2.00 bits per heavy atom. The molecular weight excluding hydrogens is 262 g/mol. The van der Waals surface area contributed by atoms with Gasteiger partial charge in [0.1, 0.15) is 5.60 Å². The molecule has 0 unspecified atom stereocenters. The Morgan fingerprint density at radius 1 is 1.33 bits per heavy atom. The summed E-state index contributed by atoms with van der Waals surface area (Å²) in [6.45, 7) is 13.0. The number of aryl methyl sites for hydroxylation is 1. The van der Waals surface area contributed by atoms with Crippen molar-refractivity contribution in [3.63, 3.8) is 0 Å². The number of anilines is 1. The maximum atomic E-state index is 12.5. The summed E-state index contributed by atoms with van der Waals surface area (Å²) < 4.78 is 5.56. The van der Waals surface area contributed by atoms with E-state index in [1.807, 2.05) is 20.8 Å². The molecule has 0 spiro atoms. The van der Waals surface area contributed by atoms with Gasteiger partial charge in [0.15, 0.2) is 0 Å². The molecule has 3 nitrogen and oxygen atoms in total. The molecule has 3 heteroatoms. The van der Waals surface area contributed by atoms with Crippen LogP contribution in [-0.2, 0) is 16.6 Å². The highest BCUT2D eigenvalue weighted by Crippen LogP contribution is 2.40. The summed E-state index contributed by atoms with van der Waals surface area (Å²) in [5.41, 5.74) is 3.13. The molecule has 0 N–H and O–H groups in total. The second-order valence-corrected chi connectivity index (χ2v) is 7.47. The fourth-order valence-electron chi connectivity index (χ4n) is 2.75. The third-order valence-corrected chi connectivity index (χ3v) is 4.06. The van der Waals surface area contributed by atoms with Crippen LogP contribution in [0, 0.1) is 0 Å². The maximum absolute atomic E-state index is 12.5. The molecule has 1 aliphatic heterocycles. The van der Waals surface area contributed by atoms with Crippen LogP contribution in [0.25, 0.3) is 0 Å². The molecule has 0 atom stereocenters. The third kappa shape index (κ3) is 3.39. The zero-order valence-corrected chi connectivity index (χ0v) is 14.1. The largest absolute Gasteiger partial charge is 0.443 e. The SMILES string of the molecule is CCc1ccc2c(c1)N(C(=O)OC(C)(C)C)CCC2(C)C. The molecule has 1 heterocycles. The molecule has 1 aromatic rings. The maximum Gasteiger partial charge on any atom is 0.414 e. The first kappa shape index (κ1) is 15.9. The van der Waals surface area contributed by atoms with E-state index in [4.69, 9.17) is 4.74 Å². The number of nitrogens with zero attached hydrogens (tertiary/aromatic N) is 1. The van der Waals surface area contributed by atoms with Crippen molar-refractivity contribution in [3.8, 4) is 0 Å². The lowest BCUT2D eigenvalue weighted by Crippen LogP contribution is -2.43. The Hall–Kier alpha value is -1.51. The van der Waals surface area contributed by atoms with Gasteiger partial charge in [0, 0.05) is 6.54 Å². The highest BCUT2D eigenvalue weighted by molar-refractivity contribution is 5.90. The summed E-state index contributed by atoms with van der Waals surface area (Å²) in [6.07, 6.45) is 1.67. The quantitative estimate of drug-likeness (QED) is 0.751. The number of amides is 1. The summed E-state index contributed by atoms with van der Waals surface area (Å²) in [5.74, 6) is 0. The van der Waals surface area contributed by atoms with Gasteiger partial charge in [-0.2, -0.15) is 0 Å². The predicted octanol–water partition coefficient (Wildman–Crippen LogP) is 4.67. The lowest BCUT2D eigenvalue weighted by atomic mass is 9.77. The Kier molecular flexibility index (Phi) is 4.05. The first-order valence-electron chi connectivity index (χ1n) is 7.78. The average molecular weight is 289 g/mol. The van der Waals surface area contributed by atoms with Gasteiger partial charge in [-0.1, -0.05) is 32.9 Å². The van der Waals surface area contributed by atoms with Gasteiger partial charge in [-0.05, 0) is 56.2 Å². The van der Waals surface area contributed by atoms with Crippen molar-refractivity contribution < 1.29 is 9.53 Å². The number of carbonyl (C=O) groups is 1. The molecule has 0 fully saturated rings. The molecule has 1 amide bonds. The smallest absolute Gasteiger partial charge is 0.414 e. The van der Waals surface area contributed by atoms with Crippen LogP contribution in [0.1, 0.15) is 59.1 Å². The summed E-state index contributed by atoms with van der Waals surface area (Å²) >= 11 is 0. The van der Waals surface area contributed by atoms with E-state index in [1.165, 1.54) is 11.1 Å². The highest BCUT2D eigenvalue weighted by Gasteiger charge is 2.35. The number of rotatable bonds is 1. The number of carbonyl (C=O) groups excluding carboxylic acids is 1. The van der Waals surface area contributed by atoms with Crippen molar-refractivity contribution in [3.05, 3.63) is 29.3 Å². The monoisotopic (exact) mass is 289 g/mol. The Morgan fingerprint density at radius 3 is 2.57 bits per heavy atom. The summed E-state index contributed by atoms with van der Waals surface area (Å²) in [7, 11) is 0. The van der Waals surface area contributed by atoms with Gasteiger partial charge in [0.05, 0.1) is 5.69 Å². The van der Waals surface area contributed by atoms with Crippen molar-refractivity contribution >= 4 is 11.8 Å². The Bertz CT molecular complexity index is 541. The molecule has 21 heavy (non-hydrogen) atoms. The third-order valence-electron chi connectivity index (χ3n) is 4.06. The van der Waals surface area contributed by atoms with Gasteiger partial charge in [0.2, 0.25) is 0 Å². The topological polar surface area (TPSA) is 29.5 Å². The van der Waals surface area contributed by atoms with Gasteiger partial charge >= 0.3 is 6.09 Å². The van der Waals surface area contributed by atoms with Crippen molar-refractivity contribution in [2.75, 3.05) is 11.4 Å². The molecule has 0 saturated heterocycles. The van der Waals surface area contributed by atoms with Crippen LogP contribution in [0.2, 0.25) is 0 Å². The van der Waals surface area contributed by atoms with E-state index >= 15 is 0 Å². The van der Waals surface area contributed by atoms with Crippen molar-refractivity contribution in [1.82, 2.24) is 0 Å². The molecule has 1 aliphatic rings. The number of fused-ring (bicyclic) bond motifs is 1. The van der Waals surface area contributed by atoms with Gasteiger partial charge in [-0.3, -0.25) is 4.90 Å². The van der Waals surface area contributed by atoms with Crippen LogP contribution in [0.4, 0.5) is 10.5 Å². The lowest BCUT2D eigenvalue weighted by Gasteiger charge is -2.39. The van der Waals surface area contributed by atoms with Crippen LogP contribution in [0.15, 0.2) is 18.2 Å². The summed E-state index contributed by atoms with van der Waals surface area (Å²) in [5, 5.41) is 0. The number of hydrogen-bond acceptors (Lipinski definition) is 2. The molecule has 0 aliphatic carbocycles. The van der Waals surface area contributed by atoms with E-state index < -0.39 is 5.60 Å². The van der Waals surface area contributed by atoms with Crippen LogP contribution >= 0.6 is 0 Å². The molecule has 0 aromatic heterocycles. The highest BCUT2D eigenvalue weighted by atomic mass is 16.6. The predicted molar refractivity (Wildman–Crippen MR) is 87.0 cm³/mol. The fraction of sp³-hybridized carbons (Fsp3) is 0.611. The summed E-state index contributed by atoms with van der Waals surface area (Å²) in [6, 6.07) is 6.48. The van der Waals surface area contributed by atoms with E-state index in [0.717, 1.165) is 18.5 Å². The molecule has 0 bridgehead atoms. The van der Waals surface area contributed by atoms with Crippen molar-refractivity contribution in [2.24, 2.45) is 0 Å². The first-order chi connectivity index (χ1) is 9.64. The zero-order chi connectivity index (χ0) is 15.8.